The molecule has 0 fully saturated rings. The van der Waals surface area contributed by atoms with Crippen molar-refractivity contribution in [3.63, 3.8) is 0 Å². The van der Waals surface area contributed by atoms with Gasteiger partial charge in [0, 0.05) is 36.4 Å². The summed E-state index contributed by atoms with van der Waals surface area (Å²) in [5.74, 6) is 0.543. The van der Waals surface area contributed by atoms with Crippen LogP contribution in [0.25, 0.3) is 11.0 Å². The second-order valence-electron chi connectivity index (χ2n) is 6.51. The van der Waals surface area contributed by atoms with E-state index in [1.807, 2.05) is 37.5 Å². The van der Waals surface area contributed by atoms with Gasteiger partial charge in [0.15, 0.2) is 0 Å². The summed E-state index contributed by atoms with van der Waals surface area (Å²) in [7, 11) is 0. The van der Waals surface area contributed by atoms with E-state index in [0.29, 0.717) is 5.02 Å². The molecule has 0 spiro atoms. The number of benzene rings is 1. The summed E-state index contributed by atoms with van der Waals surface area (Å²) in [6.07, 6.45) is 6.19. The quantitative estimate of drug-likeness (QED) is 0.479. The van der Waals surface area contributed by atoms with Crippen molar-refractivity contribution < 1.29 is 4.39 Å². The molecule has 27 heavy (non-hydrogen) atoms. The molecular formula is C21H18ClFN4. The Bertz CT molecular complexity index is 1060. The molecule has 1 aromatic carbocycles. The molecule has 4 nitrogen and oxygen atoms in total. The van der Waals surface area contributed by atoms with Crippen LogP contribution >= 0.6 is 11.6 Å². The first-order valence-corrected chi connectivity index (χ1v) is 9.05. The van der Waals surface area contributed by atoms with Gasteiger partial charge in [-0.05, 0) is 47.9 Å². The van der Waals surface area contributed by atoms with Gasteiger partial charge < -0.3 is 10.3 Å². The van der Waals surface area contributed by atoms with Crippen molar-refractivity contribution in [1.29, 1.82) is 0 Å². The molecule has 0 unspecified atom stereocenters. The van der Waals surface area contributed by atoms with Gasteiger partial charge in [0.1, 0.15) is 17.3 Å². The number of nitrogens with zero attached hydrogens (tertiary/aromatic N) is 2. The van der Waals surface area contributed by atoms with Gasteiger partial charge in [0.25, 0.3) is 0 Å². The van der Waals surface area contributed by atoms with Gasteiger partial charge in [-0.25, -0.2) is 14.4 Å². The fourth-order valence-corrected chi connectivity index (χ4v) is 3.23. The Balaban J connectivity index is 1.47. The van der Waals surface area contributed by atoms with Gasteiger partial charge in [-0.1, -0.05) is 29.8 Å². The predicted octanol–water partition coefficient (Wildman–Crippen LogP) is 5.51. The monoisotopic (exact) mass is 380 g/mol. The zero-order valence-corrected chi connectivity index (χ0v) is 15.5. The molecule has 0 bridgehead atoms. The highest BCUT2D eigenvalue weighted by molar-refractivity contribution is 6.31. The zero-order chi connectivity index (χ0) is 18.8. The molecule has 6 heteroatoms. The van der Waals surface area contributed by atoms with Crippen LogP contribution in [0, 0.1) is 5.82 Å². The fraction of sp³-hybridized carbons (Fsp3) is 0.143. The molecule has 0 saturated carbocycles. The number of halogens is 2. The summed E-state index contributed by atoms with van der Waals surface area (Å²) < 4.78 is 13.1. The Labute approximate surface area is 161 Å². The number of fused-ring (bicyclic) bond motifs is 1. The van der Waals surface area contributed by atoms with Gasteiger partial charge in [-0.2, -0.15) is 0 Å². The average Bonchev–Trinajstić information content (AvgIpc) is 3.06. The van der Waals surface area contributed by atoms with Crippen molar-refractivity contribution in [2.75, 3.05) is 5.32 Å². The van der Waals surface area contributed by atoms with E-state index >= 15 is 0 Å². The lowest BCUT2D eigenvalue weighted by Gasteiger charge is -2.15. The molecule has 0 amide bonds. The number of nitrogens with one attached hydrogen (secondary N) is 2. The molecular weight excluding hydrogens is 363 g/mol. The van der Waals surface area contributed by atoms with E-state index < -0.39 is 0 Å². The number of H-pyrrole nitrogens is 1. The molecule has 3 aromatic heterocycles. The molecule has 4 rings (SSSR count). The summed E-state index contributed by atoms with van der Waals surface area (Å²) in [6, 6.07) is 12.4. The number of anilines is 1. The summed E-state index contributed by atoms with van der Waals surface area (Å²) in [5, 5.41) is 4.98. The van der Waals surface area contributed by atoms with Crippen molar-refractivity contribution in [1.82, 2.24) is 15.0 Å². The van der Waals surface area contributed by atoms with Crippen LogP contribution in [0.5, 0.6) is 0 Å². The lowest BCUT2D eigenvalue weighted by Crippen LogP contribution is -2.08. The van der Waals surface area contributed by atoms with Crippen LogP contribution in [0.3, 0.4) is 0 Å². The van der Waals surface area contributed by atoms with Gasteiger partial charge in [-0.15, -0.1) is 0 Å². The third kappa shape index (κ3) is 3.93. The van der Waals surface area contributed by atoms with E-state index in [2.05, 4.69) is 20.3 Å². The minimum absolute atomic E-state index is 0.0331. The molecule has 0 aliphatic rings. The van der Waals surface area contributed by atoms with E-state index in [4.69, 9.17) is 11.6 Å². The number of hydrogen-bond acceptors (Lipinski definition) is 3. The largest absolute Gasteiger partial charge is 0.364 e. The molecule has 2 N–H and O–H groups in total. The second-order valence-corrected chi connectivity index (χ2v) is 6.95. The third-order valence-electron chi connectivity index (χ3n) is 4.54. The van der Waals surface area contributed by atoms with Gasteiger partial charge in [0.2, 0.25) is 0 Å². The smallest absolute Gasteiger partial charge is 0.137 e. The predicted molar refractivity (Wildman–Crippen MR) is 107 cm³/mol. The van der Waals surface area contributed by atoms with Crippen LogP contribution in [0.1, 0.15) is 29.7 Å². The molecule has 4 aromatic rings. The zero-order valence-electron chi connectivity index (χ0n) is 14.7. The second kappa shape index (κ2) is 7.37. The molecule has 3 heterocycles. The highest BCUT2D eigenvalue weighted by atomic mass is 35.5. The lowest BCUT2D eigenvalue weighted by molar-refractivity contribution is 0.626. The standard InChI is InChI=1S/C21H18ClFN4/c1-13(15-3-5-18(23)6-4-15)27-20-7-2-14(10-24-20)8-16-11-25-21-19(16)9-17(22)12-26-21/h2-7,9-13H,8H2,1H3,(H,24,27)(H,25,26)/t13-/m0/s1. The maximum Gasteiger partial charge on any atom is 0.137 e. The van der Waals surface area contributed by atoms with E-state index in [1.54, 1.807) is 18.3 Å². The van der Waals surface area contributed by atoms with E-state index in [1.165, 1.54) is 12.1 Å². The molecule has 0 aliphatic carbocycles. The molecule has 1 atom stereocenters. The Morgan fingerprint density at radius 3 is 2.67 bits per heavy atom. The first-order valence-electron chi connectivity index (χ1n) is 8.67. The Morgan fingerprint density at radius 1 is 1.11 bits per heavy atom. The van der Waals surface area contributed by atoms with Crippen molar-refractivity contribution >= 4 is 28.5 Å². The topological polar surface area (TPSA) is 53.6 Å². The van der Waals surface area contributed by atoms with Crippen LogP contribution in [0.15, 0.2) is 61.1 Å². The summed E-state index contributed by atoms with van der Waals surface area (Å²) in [4.78, 5) is 12.0. The van der Waals surface area contributed by atoms with Crippen molar-refractivity contribution in [3.8, 4) is 0 Å². The third-order valence-corrected chi connectivity index (χ3v) is 4.74. The molecule has 0 aliphatic heterocycles. The summed E-state index contributed by atoms with van der Waals surface area (Å²) in [6.45, 7) is 2.02. The number of pyridine rings is 2. The minimum Gasteiger partial charge on any atom is -0.364 e. The van der Waals surface area contributed by atoms with E-state index in [-0.39, 0.29) is 11.9 Å². The van der Waals surface area contributed by atoms with Gasteiger partial charge >= 0.3 is 0 Å². The maximum absolute atomic E-state index is 13.1. The van der Waals surface area contributed by atoms with Crippen LogP contribution in [0.4, 0.5) is 10.2 Å². The maximum atomic E-state index is 13.1. The van der Waals surface area contributed by atoms with Crippen molar-refractivity contribution in [3.05, 3.63) is 88.6 Å². The first kappa shape index (κ1) is 17.5. The van der Waals surface area contributed by atoms with Crippen LogP contribution in [-0.4, -0.2) is 15.0 Å². The Kier molecular flexibility index (Phi) is 4.77. The minimum atomic E-state index is -0.234. The first-order chi connectivity index (χ1) is 13.1. The normalized spacial score (nSPS) is 12.3. The van der Waals surface area contributed by atoms with Crippen molar-refractivity contribution in [2.24, 2.45) is 0 Å². The van der Waals surface area contributed by atoms with E-state index in [9.17, 15) is 4.39 Å². The highest BCUT2D eigenvalue weighted by Crippen LogP contribution is 2.23. The Morgan fingerprint density at radius 2 is 1.93 bits per heavy atom. The molecule has 136 valence electrons. The lowest BCUT2D eigenvalue weighted by atomic mass is 10.1. The number of rotatable bonds is 5. The fourth-order valence-electron chi connectivity index (χ4n) is 3.07. The van der Waals surface area contributed by atoms with E-state index in [0.717, 1.165) is 40.0 Å². The van der Waals surface area contributed by atoms with Crippen molar-refractivity contribution in [2.45, 2.75) is 19.4 Å². The summed E-state index contributed by atoms with van der Waals surface area (Å²) in [5.41, 5.74) is 4.05. The number of aromatic nitrogens is 3. The average molecular weight is 381 g/mol. The molecule has 0 saturated heterocycles. The Hall–Kier alpha value is -2.92. The summed E-state index contributed by atoms with van der Waals surface area (Å²) >= 11 is 6.06. The number of hydrogen-bond donors (Lipinski definition) is 2. The van der Waals surface area contributed by atoms with Crippen LogP contribution in [0.2, 0.25) is 5.02 Å². The SMILES string of the molecule is C[C@H](Nc1ccc(Cc2c[nH]c3ncc(Cl)cc23)cn1)c1ccc(F)cc1. The highest BCUT2D eigenvalue weighted by Gasteiger charge is 2.09. The number of aromatic amines is 1. The van der Waals surface area contributed by atoms with Crippen LogP contribution in [-0.2, 0) is 6.42 Å². The van der Waals surface area contributed by atoms with Crippen LogP contribution < -0.4 is 5.32 Å². The molecule has 0 radical (unpaired) electrons. The van der Waals surface area contributed by atoms with Gasteiger partial charge in [0.05, 0.1) is 5.02 Å². The van der Waals surface area contributed by atoms with Gasteiger partial charge in [-0.3, -0.25) is 0 Å².